The number of nitrogens with zero attached hydrogens (tertiary/aromatic N) is 2. The molecule has 18 heavy (non-hydrogen) atoms. The number of hydrogen-bond acceptors (Lipinski definition) is 5. The molecule has 0 amide bonds. The predicted molar refractivity (Wildman–Crippen MR) is 61.5 cm³/mol. The van der Waals surface area contributed by atoms with Crippen molar-refractivity contribution in [3.05, 3.63) is 40.7 Å². The third-order valence-corrected chi connectivity index (χ3v) is 2.30. The number of nitro benzene ring substituents is 1. The van der Waals surface area contributed by atoms with E-state index in [2.05, 4.69) is 4.98 Å². The van der Waals surface area contributed by atoms with Crippen molar-refractivity contribution in [2.45, 2.75) is 0 Å². The summed E-state index contributed by atoms with van der Waals surface area (Å²) in [5, 5.41) is 20.2. The number of carboxylic acids is 1. The Balaban J connectivity index is 2.53. The van der Waals surface area contributed by atoms with Gasteiger partial charge in [-0.15, -0.1) is 0 Å². The molecular weight excluding hydrogens is 240 g/mol. The van der Waals surface area contributed by atoms with Gasteiger partial charge in [0.1, 0.15) is 5.75 Å². The summed E-state index contributed by atoms with van der Waals surface area (Å²) < 4.78 is 5.05. The quantitative estimate of drug-likeness (QED) is 0.651. The second kappa shape index (κ2) is 4.66. The van der Waals surface area contributed by atoms with Crippen molar-refractivity contribution >= 4 is 22.4 Å². The lowest BCUT2D eigenvalue weighted by atomic mass is 10.1. The molecule has 0 aliphatic heterocycles. The van der Waals surface area contributed by atoms with Crippen molar-refractivity contribution in [2.24, 2.45) is 0 Å². The number of fused-ring (bicyclic) bond motifs is 1. The number of carbonyl (C=O) groups is 1. The fourth-order valence-corrected chi connectivity index (χ4v) is 1.57. The van der Waals surface area contributed by atoms with Gasteiger partial charge in [0.05, 0.1) is 10.3 Å². The molecule has 0 spiro atoms. The van der Waals surface area contributed by atoms with Crippen LogP contribution in [0.2, 0.25) is 0 Å². The minimum Gasteiger partial charge on any atom is -0.481 e. The molecule has 0 unspecified atom stereocenters. The molecular formula is C11H8N2O5. The summed E-state index contributed by atoms with van der Waals surface area (Å²) in [6, 6.07) is 4.13. The number of pyridine rings is 1. The fourth-order valence-electron chi connectivity index (χ4n) is 1.57. The van der Waals surface area contributed by atoms with Crippen LogP contribution in [0.3, 0.4) is 0 Å². The van der Waals surface area contributed by atoms with Crippen LogP contribution in [-0.4, -0.2) is 27.6 Å². The van der Waals surface area contributed by atoms with Crippen molar-refractivity contribution < 1.29 is 19.6 Å². The fraction of sp³-hybridized carbons (Fsp3) is 0.0909. The lowest BCUT2D eigenvalue weighted by Crippen LogP contribution is -2.09. The Bertz CT molecular complexity index is 626. The highest BCUT2D eigenvalue weighted by Crippen LogP contribution is 2.31. The van der Waals surface area contributed by atoms with Gasteiger partial charge in [-0.05, 0) is 12.1 Å². The lowest BCUT2D eigenvalue weighted by Gasteiger charge is -2.07. The van der Waals surface area contributed by atoms with Crippen LogP contribution in [0, 0.1) is 10.1 Å². The van der Waals surface area contributed by atoms with E-state index in [9.17, 15) is 14.9 Å². The average molecular weight is 248 g/mol. The standard InChI is InChI=1S/C11H8N2O5/c14-11(15)6-18-10-2-1-9(13(16)17)7-3-4-12-5-8(7)10/h1-5H,6H2,(H,14,15). The number of non-ortho nitro benzene ring substituents is 1. The molecule has 7 nitrogen and oxygen atoms in total. The van der Waals surface area contributed by atoms with Gasteiger partial charge in [-0.2, -0.15) is 0 Å². The van der Waals surface area contributed by atoms with Crippen molar-refractivity contribution in [3.63, 3.8) is 0 Å². The molecule has 0 aliphatic rings. The number of rotatable bonds is 4. The first-order valence-corrected chi connectivity index (χ1v) is 4.95. The largest absolute Gasteiger partial charge is 0.481 e. The molecule has 0 radical (unpaired) electrons. The summed E-state index contributed by atoms with van der Waals surface area (Å²) in [4.78, 5) is 24.6. The molecule has 0 saturated heterocycles. The zero-order valence-corrected chi connectivity index (χ0v) is 9.07. The van der Waals surface area contributed by atoms with E-state index in [0.29, 0.717) is 10.8 Å². The molecule has 1 aromatic carbocycles. The van der Waals surface area contributed by atoms with Gasteiger partial charge in [0.2, 0.25) is 0 Å². The Morgan fingerprint density at radius 1 is 1.39 bits per heavy atom. The Labute approximate surface area is 101 Å². The van der Waals surface area contributed by atoms with Crippen LogP contribution in [0.15, 0.2) is 30.6 Å². The van der Waals surface area contributed by atoms with Gasteiger partial charge in [-0.1, -0.05) is 0 Å². The second-order valence-electron chi connectivity index (χ2n) is 3.44. The van der Waals surface area contributed by atoms with Gasteiger partial charge < -0.3 is 9.84 Å². The maximum Gasteiger partial charge on any atom is 0.341 e. The van der Waals surface area contributed by atoms with Gasteiger partial charge in [-0.25, -0.2) is 4.79 Å². The molecule has 0 bridgehead atoms. The molecule has 7 heteroatoms. The van der Waals surface area contributed by atoms with Crippen LogP contribution in [0.5, 0.6) is 5.75 Å². The minimum absolute atomic E-state index is 0.0740. The normalized spacial score (nSPS) is 10.2. The van der Waals surface area contributed by atoms with E-state index in [1.807, 2.05) is 0 Å². The van der Waals surface area contributed by atoms with E-state index in [-0.39, 0.29) is 11.4 Å². The van der Waals surface area contributed by atoms with Gasteiger partial charge >= 0.3 is 5.97 Å². The smallest absolute Gasteiger partial charge is 0.341 e. The van der Waals surface area contributed by atoms with Crippen LogP contribution in [-0.2, 0) is 4.79 Å². The molecule has 0 saturated carbocycles. The van der Waals surface area contributed by atoms with Gasteiger partial charge in [0.15, 0.2) is 6.61 Å². The Hall–Kier alpha value is -2.70. The van der Waals surface area contributed by atoms with E-state index in [1.54, 1.807) is 0 Å². The highest BCUT2D eigenvalue weighted by Gasteiger charge is 2.15. The molecule has 2 rings (SSSR count). The Morgan fingerprint density at radius 2 is 2.17 bits per heavy atom. The first kappa shape index (κ1) is 11.8. The number of hydrogen-bond donors (Lipinski definition) is 1. The summed E-state index contributed by atoms with van der Waals surface area (Å²) >= 11 is 0. The van der Waals surface area contributed by atoms with Crippen LogP contribution in [0.1, 0.15) is 0 Å². The summed E-state index contributed by atoms with van der Waals surface area (Å²) in [6.45, 7) is -0.512. The molecule has 1 aromatic heterocycles. The maximum absolute atomic E-state index is 10.8. The number of nitro groups is 1. The molecule has 1 heterocycles. The van der Waals surface area contributed by atoms with Gasteiger partial charge in [-0.3, -0.25) is 15.1 Å². The van der Waals surface area contributed by atoms with Crippen LogP contribution in [0.25, 0.3) is 10.8 Å². The first-order chi connectivity index (χ1) is 8.59. The van der Waals surface area contributed by atoms with Crippen LogP contribution < -0.4 is 4.74 Å². The molecule has 0 aliphatic carbocycles. The summed E-state index contributed by atoms with van der Waals surface area (Å²) in [5.41, 5.74) is -0.0740. The van der Waals surface area contributed by atoms with Crippen molar-refractivity contribution in [2.75, 3.05) is 6.61 Å². The zero-order valence-electron chi connectivity index (χ0n) is 9.07. The third kappa shape index (κ3) is 2.19. The Morgan fingerprint density at radius 3 is 2.83 bits per heavy atom. The number of aliphatic carboxylic acids is 1. The average Bonchev–Trinajstić information content (AvgIpc) is 2.35. The number of aromatic nitrogens is 1. The highest BCUT2D eigenvalue weighted by molar-refractivity contribution is 5.94. The highest BCUT2D eigenvalue weighted by atomic mass is 16.6. The monoisotopic (exact) mass is 248 g/mol. The summed E-state index contributed by atoms with van der Waals surface area (Å²) in [7, 11) is 0. The summed E-state index contributed by atoms with van der Waals surface area (Å²) in [5.74, 6) is -0.864. The lowest BCUT2D eigenvalue weighted by molar-refractivity contribution is -0.383. The molecule has 92 valence electrons. The topological polar surface area (TPSA) is 103 Å². The molecule has 0 atom stereocenters. The van der Waals surface area contributed by atoms with E-state index < -0.39 is 17.5 Å². The van der Waals surface area contributed by atoms with Crippen molar-refractivity contribution in [3.8, 4) is 5.75 Å². The van der Waals surface area contributed by atoms with Crippen LogP contribution in [0.4, 0.5) is 5.69 Å². The number of carboxylic acid groups (broad SMARTS) is 1. The van der Waals surface area contributed by atoms with E-state index in [1.165, 1.54) is 30.6 Å². The van der Waals surface area contributed by atoms with Crippen molar-refractivity contribution in [1.29, 1.82) is 0 Å². The second-order valence-corrected chi connectivity index (χ2v) is 3.44. The van der Waals surface area contributed by atoms with E-state index in [4.69, 9.17) is 9.84 Å². The van der Waals surface area contributed by atoms with Gasteiger partial charge in [0, 0.05) is 23.8 Å². The molecule has 1 N–H and O–H groups in total. The maximum atomic E-state index is 10.8. The SMILES string of the molecule is O=C(O)COc1ccc([N+](=O)[O-])c2ccncc12. The summed E-state index contributed by atoms with van der Waals surface area (Å²) in [6.07, 6.45) is 2.83. The number of benzene rings is 1. The van der Waals surface area contributed by atoms with E-state index >= 15 is 0 Å². The first-order valence-electron chi connectivity index (χ1n) is 4.95. The van der Waals surface area contributed by atoms with E-state index in [0.717, 1.165) is 0 Å². The Kier molecular flexibility index (Phi) is 3.05. The molecule has 0 fully saturated rings. The zero-order chi connectivity index (χ0) is 13.1. The number of ether oxygens (including phenoxy) is 1. The van der Waals surface area contributed by atoms with Gasteiger partial charge in [0.25, 0.3) is 5.69 Å². The minimum atomic E-state index is -1.12. The van der Waals surface area contributed by atoms with Crippen LogP contribution >= 0.6 is 0 Å². The third-order valence-electron chi connectivity index (χ3n) is 2.30. The molecule has 2 aromatic rings. The van der Waals surface area contributed by atoms with Crippen molar-refractivity contribution in [1.82, 2.24) is 4.98 Å². The predicted octanol–water partition coefficient (Wildman–Crippen LogP) is 1.61.